The van der Waals surface area contributed by atoms with Crippen LogP contribution in [0, 0.1) is 17.6 Å². The Morgan fingerprint density at radius 3 is 2.76 bits per heavy atom. The highest BCUT2D eigenvalue weighted by Crippen LogP contribution is 2.18. The fraction of sp³-hybridized carbons (Fsp3) is 0.529. The first-order chi connectivity index (χ1) is 11.5. The topological polar surface area (TPSA) is 58.6 Å². The molecule has 140 valence electrons. The Hall–Kier alpha value is -1.73. The van der Waals surface area contributed by atoms with Crippen LogP contribution < -0.4 is 5.32 Å². The molecule has 8 heteroatoms. The molecule has 1 unspecified atom stereocenters. The third kappa shape index (κ3) is 6.59. The molecule has 1 aromatic carbocycles. The number of nitrogens with one attached hydrogen (secondary N) is 1. The highest BCUT2D eigenvalue weighted by Gasteiger charge is 2.26. The van der Waals surface area contributed by atoms with Gasteiger partial charge in [0, 0.05) is 31.3 Å². The Morgan fingerprint density at radius 2 is 2.08 bits per heavy atom. The molecule has 1 saturated heterocycles. The van der Waals surface area contributed by atoms with Crippen LogP contribution in [0.3, 0.4) is 0 Å². The predicted octanol–water partition coefficient (Wildman–Crippen LogP) is 2.99. The summed E-state index contributed by atoms with van der Waals surface area (Å²) in [7, 11) is 0. The van der Waals surface area contributed by atoms with Crippen molar-refractivity contribution in [3.63, 3.8) is 0 Å². The first-order valence-corrected chi connectivity index (χ1v) is 8.13. The minimum Gasteiger partial charge on any atom is -0.466 e. The van der Waals surface area contributed by atoms with Crippen LogP contribution in [-0.2, 0) is 14.3 Å². The molecule has 1 heterocycles. The Bertz CT molecular complexity index is 601. The summed E-state index contributed by atoms with van der Waals surface area (Å²) in [5.41, 5.74) is 0.224. The van der Waals surface area contributed by atoms with Crippen molar-refractivity contribution in [2.45, 2.75) is 26.2 Å². The lowest BCUT2D eigenvalue weighted by Gasteiger charge is -2.31. The lowest BCUT2D eigenvalue weighted by Crippen LogP contribution is -2.40. The highest BCUT2D eigenvalue weighted by atomic mass is 35.5. The molecule has 1 aliphatic rings. The van der Waals surface area contributed by atoms with Gasteiger partial charge >= 0.3 is 5.97 Å². The number of rotatable bonds is 6. The maximum absolute atomic E-state index is 13.1. The molecule has 0 saturated carbocycles. The molecule has 0 aromatic heterocycles. The Labute approximate surface area is 152 Å². The van der Waals surface area contributed by atoms with Gasteiger partial charge < -0.3 is 15.0 Å². The van der Waals surface area contributed by atoms with Gasteiger partial charge in [0.2, 0.25) is 5.91 Å². The predicted molar refractivity (Wildman–Crippen MR) is 92.6 cm³/mol. The van der Waals surface area contributed by atoms with Crippen molar-refractivity contribution < 1.29 is 23.1 Å². The van der Waals surface area contributed by atoms with E-state index in [2.05, 4.69) is 10.2 Å². The molecule has 1 amide bonds. The van der Waals surface area contributed by atoms with Gasteiger partial charge in [-0.25, -0.2) is 8.78 Å². The van der Waals surface area contributed by atoms with Crippen LogP contribution in [0.2, 0.25) is 0 Å². The van der Waals surface area contributed by atoms with Crippen LogP contribution in [0.25, 0.3) is 0 Å². The zero-order valence-electron chi connectivity index (χ0n) is 14.1. The molecule has 0 bridgehead atoms. The van der Waals surface area contributed by atoms with E-state index in [1.54, 1.807) is 6.92 Å². The van der Waals surface area contributed by atoms with E-state index < -0.39 is 11.6 Å². The number of ether oxygens (including phenoxy) is 1. The van der Waals surface area contributed by atoms with Crippen LogP contribution in [-0.4, -0.2) is 43.0 Å². The molecule has 1 aromatic rings. The molecule has 2 rings (SSSR count). The van der Waals surface area contributed by atoms with Gasteiger partial charge in [0.25, 0.3) is 0 Å². The van der Waals surface area contributed by atoms with Crippen LogP contribution in [0.4, 0.5) is 14.5 Å². The molecule has 1 aliphatic heterocycles. The molecular formula is C17H23ClF2N2O3. The van der Waals surface area contributed by atoms with Gasteiger partial charge in [-0.05, 0) is 38.4 Å². The number of carbonyl (C=O) groups is 2. The Balaban J connectivity index is 0.00000312. The summed E-state index contributed by atoms with van der Waals surface area (Å²) in [6.45, 7) is 4.06. The van der Waals surface area contributed by atoms with Crippen LogP contribution >= 0.6 is 12.4 Å². The quantitative estimate of drug-likeness (QED) is 0.775. The van der Waals surface area contributed by atoms with Crippen LogP contribution in [0.1, 0.15) is 26.2 Å². The minimum absolute atomic E-state index is 0. The first kappa shape index (κ1) is 21.3. The van der Waals surface area contributed by atoms with Crippen LogP contribution in [0.5, 0.6) is 0 Å². The average molecular weight is 377 g/mol. The van der Waals surface area contributed by atoms with Crippen molar-refractivity contribution in [3.8, 4) is 0 Å². The fourth-order valence-corrected chi connectivity index (χ4v) is 2.77. The second kappa shape index (κ2) is 10.3. The summed E-state index contributed by atoms with van der Waals surface area (Å²) in [6, 6.07) is 3.23. The van der Waals surface area contributed by atoms with Gasteiger partial charge in [0.15, 0.2) is 11.6 Å². The first-order valence-electron chi connectivity index (χ1n) is 8.13. The third-order valence-electron chi connectivity index (χ3n) is 3.98. The Morgan fingerprint density at radius 1 is 1.32 bits per heavy atom. The number of anilines is 1. The molecule has 1 N–H and O–H groups in total. The summed E-state index contributed by atoms with van der Waals surface area (Å²) >= 11 is 0. The normalized spacial score (nSPS) is 17.5. The monoisotopic (exact) mass is 376 g/mol. The van der Waals surface area contributed by atoms with Gasteiger partial charge in [-0.2, -0.15) is 0 Å². The van der Waals surface area contributed by atoms with E-state index in [1.165, 1.54) is 6.07 Å². The van der Waals surface area contributed by atoms with E-state index in [0.717, 1.165) is 31.5 Å². The van der Waals surface area contributed by atoms with Gasteiger partial charge in [-0.1, -0.05) is 0 Å². The number of benzene rings is 1. The van der Waals surface area contributed by atoms with E-state index in [0.29, 0.717) is 19.7 Å². The number of nitrogens with zero attached hydrogens (tertiary/aromatic N) is 1. The van der Waals surface area contributed by atoms with E-state index in [-0.39, 0.29) is 42.3 Å². The van der Waals surface area contributed by atoms with Gasteiger partial charge in [-0.15, -0.1) is 12.4 Å². The van der Waals surface area contributed by atoms with Crippen molar-refractivity contribution in [1.29, 1.82) is 0 Å². The zero-order chi connectivity index (χ0) is 17.5. The summed E-state index contributed by atoms with van der Waals surface area (Å²) < 4.78 is 31.0. The van der Waals surface area contributed by atoms with Gasteiger partial charge in [0.05, 0.1) is 12.5 Å². The molecule has 5 nitrogen and oxygen atoms in total. The van der Waals surface area contributed by atoms with Crippen molar-refractivity contribution in [3.05, 3.63) is 29.8 Å². The van der Waals surface area contributed by atoms with E-state index >= 15 is 0 Å². The molecule has 0 spiro atoms. The SMILES string of the molecule is CCOC(=O)C1CCCN(CCC(=O)Nc2ccc(F)c(F)c2)C1.Cl. The number of halogens is 3. The van der Waals surface area contributed by atoms with Crippen molar-refractivity contribution >= 4 is 30.0 Å². The number of hydrogen-bond donors (Lipinski definition) is 1. The number of carbonyl (C=O) groups excluding carboxylic acids is 2. The van der Waals surface area contributed by atoms with E-state index in [4.69, 9.17) is 4.74 Å². The van der Waals surface area contributed by atoms with Crippen LogP contribution in [0.15, 0.2) is 18.2 Å². The van der Waals surface area contributed by atoms with E-state index in [9.17, 15) is 18.4 Å². The lowest BCUT2D eigenvalue weighted by atomic mass is 9.98. The highest BCUT2D eigenvalue weighted by molar-refractivity contribution is 5.90. The number of amides is 1. The van der Waals surface area contributed by atoms with Gasteiger partial charge in [-0.3, -0.25) is 9.59 Å². The fourth-order valence-electron chi connectivity index (χ4n) is 2.77. The smallest absolute Gasteiger partial charge is 0.310 e. The Kier molecular flexibility index (Phi) is 8.78. The second-order valence-electron chi connectivity index (χ2n) is 5.82. The largest absolute Gasteiger partial charge is 0.466 e. The van der Waals surface area contributed by atoms with Crippen molar-refractivity contribution in [2.24, 2.45) is 5.92 Å². The second-order valence-corrected chi connectivity index (χ2v) is 5.82. The van der Waals surface area contributed by atoms with E-state index in [1.807, 2.05) is 0 Å². The maximum Gasteiger partial charge on any atom is 0.310 e. The van der Waals surface area contributed by atoms with Crippen molar-refractivity contribution in [2.75, 3.05) is 31.6 Å². The zero-order valence-corrected chi connectivity index (χ0v) is 14.9. The van der Waals surface area contributed by atoms with Crippen molar-refractivity contribution in [1.82, 2.24) is 4.90 Å². The number of hydrogen-bond acceptors (Lipinski definition) is 4. The molecule has 0 aliphatic carbocycles. The van der Waals surface area contributed by atoms with Gasteiger partial charge in [0.1, 0.15) is 0 Å². The molecular weight excluding hydrogens is 354 g/mol. The average Bonchev–Trinajstić information content (AvgIpc) is 2.57. The molecule has 1 atom stereocenters. The number of likely N-dealkylation sites (tertiary alicyclic amines) is 1. The standard InChI is InChI=1S/C17H22F2N2O3.ClH/c1-2-24-17(23)12-4-3-8-21(11-12)9-7-16(22)20-13-5-6-14(18)15(19)10-13;/h5-6,10,12H,2-4,7-9,11H2,1H3,(H,20,22);1H. The molecule has 1 fully saturated rings. The minimum atomic E-state index is -0.999. The summed E-state index contributed by atoms with van der Waals surface area (Å²) in [5, 5.41) is 2.54. The third-order valence-corrected chi connectivity index (χ3v) is 3.98. The summed E-state index contributed by atoms with van der Waals surface area (Å²) in [4.78, 5) is 25.8. The maximum atomic E-state index is 13.1. The lowest BCUT2D eigenvalue weighted by molar-refractivity contribution is -0.149. The number of piperidine rings is 1. The molecule has 0 radical (unpaired) electrons. The summed E-state index contributed by atoms with van der Waals surface area (Å²) in [5.74, 6) is -2.56. The molecule has 25 heavy (non-hydrogen) atoms. The number of esters is 1. The summed E-state index contributed by atoms with van der Waals surface area (Å²) in [6.07, 6.45) is 1.90.